The van der Waals surface area contributed by atoms with E-state index in [9.17, 15) is 14.0 Å². The number of ether oxygens (including phenoxy) is 1. The number of hydrogen-bond acceptors (Lipinski definition) is 3. The number of nitrogens with zero attached hydrogens (tertiary/aromatic N) is 1. The van der Waals surface area contributed by atoms with Gasteiger partial charge in [0.15, 0.2) is 0 Å². The van der Waals surface area contributed by atoms with E-state index in [4.69, 9.17) is 4.74 Å². The number of halogens is 1. The number of cyclic esters (lactones) is 1. The van der Waals surface area contributed by atoms with Gasteiger partial charge in [0.05, 0.1) is 18.8 Å². The maximum Gasteiger partial charge on any atom is 0.414 e. The molecule has 2 amide bonds. The molecule has 1 N–H and O–H groups in total. The molecule has 1 heterocycles. The van der Waals surface area contributed by atoms with Gasteiger partial charge in [-0.1, -0.05) is 26.8 Å². The van der Waals surface area contributed by atoms with Gasteiger partial charge in [-0.05, 0) is 29.5 Å². The fourth-order valence-electron chi connectivity index (χ4n) is 2.57. The van der Waals surface area contributed by atoms with E-state index in [1.54, 1.807) is 6.07 Å². The van der Waals surface area contributed by atoms with Crippen LogP contribution in [0.2, 0.25) is 0 Å². The first-order chi connectivity index (χ1) is 10.7. The van der Waals surface area contributed by atoms with Gasteiger partial charge in [-0.3, -0.25) is 9.69 Å². The standard InChI is InChI=1S/C17H23FN2O3/c1-11(21)19-9-13-10-20(16(22)23-13)15-6-5-12(7-14(15)18)8-17(2,3)4/h5-7,13H,8-10H2,1-4H3,(H,19,21). The van der Waals surface area contributed by atoms with Gasteiger partial charge in [0.2, 0.25) is 5.91 Å². The maximum atomic E-state index is 14.4. The van der Waals surface area contributed by atoms with Crippen LogP contribution in [0.4, 0.5) is 14.9 Å². The number of carbonyl (C=O) groups is 2. The Kier molecular flexibility index (Phi) is 4.92. The average molecular weight is 322 g/mol. The van der Waals surface area contributed by atoms with E-state index in [1.807, 2.05) is 6.07 Å². The van der Waals surface area contributed by atoms with Crippen LogP contribution in [0.1, 0.15) is 33.3 Å². The quantitative estimate of drug-likeness (QED) is 0.927. The van der Waals surface area contributed by atoms with Crippen molar-refractivity contribution < 1.29 is 18.7 Å². The summed E-state index contributed by atoms with van der Waals surface area (Å²) in [5.74, 6) is -0.638. The number of hydrogen-bond donors (Lipinski definition) is 1. The SMILES string of the molecule is CC(=O)NCC1CN(c2ccc(CC(C)(C)C)cc2F)C(=O)O1. The molecule has 1 fully saturated rings. The Bertz CT molecular complexity index is 610. The van der Waals surface area contributed by atoms with E-state index >= 15 is 0 Å². The monoisotopic (exact) mass is 322 g/mol. The predicted octanol–water partition coefficient (Wildman–Crippen LogP) is 2.88. The molecule has 6 heteroatoms. The molecule has 1 aromatic carbocycles. The van der Waals surface area contributed by atoms with E-state index in [1.165, 1.54) is 17.9 Å². The predicted molar refractivity (Wildman–Crippen MR) is 85.9 cm³/mol. The lowest BCUT2D eigenvalue weighted by atomic mass is 9.88. The first kappa shape index (κ1) is 17.2. The van der Waals surface area contributed by atoms with Crippen LogP contribution in [0, 0.1) is 11.2 Å². The Balaban J connectivity index is 2.09. The fourth-order valence-corrected chi connectivity index (χ4v) is 2.57. The number of benzene rings is 1. The third-order valence-electron chi connectivity index (χ3n) is 3.49. The lowest BCUT2D eigenvalue weighted by molar-refractivity contribution is -0.119. The van der Waals surface area contributed by atoms with Crippen molar-refractivity contribution in [3.05, 3.63) is 29.6 Å². The van der Waals surface area contributed by atoms with Crippen LogP contribution in [0.25, 0.3) is 0 Å². The molecule has 0 aliphatic carbocycles. The Labute approximate surface area is 135 Å². The summed E-state index contributed by atoms with van der Waals surface area (Å²) in [6, 6.07) is 4.91. The topological polar surface area (TPSA) is 58.6 Å². The van der Waals surface area contributed by atoms with E-state index in [-0.39, 0.29) is 30.1 Å². The third kappa shape index (κ3) is 4.68. The summed E-state index contributed by atoms with van der Waals surface area (Å²) in [6.07, 6.45) is -0.317. The molecule has 0 bridgehead atoms. The van der Waals surface area contributed by atoms with Crippen LogP contribution < -0.4 is 10.2 Å². The van der Waals surface area contributed by atoms with E-state index in [2.05, 4.69) is 26.1 Å². The van der Waals surface area contributed by atoms with Gasteiger partial charge in [-0.15, -0.1) is 0 Å². The Morgan fingerprint density at radius 2 is 2.13 bits per heavy atom. The summed E-state index contributed by atoms with van der Waals surface area (Å²) < 4.78 is 19.5. The minimum atomic E-state index is -0.595. The molecule has 1 atom stereocenters. The van der Waals surface area contributed by atoms with Crippen LogP contribution in [0.15, 0.2) is 18.2 Å². The van der Waals surface area contributed by atoms with Crippen molar-refractivity contribution in [1.82, 2.24) is 5.32 Å². The van der Waals surface area contributed by atoms with Gasteiger partial charge in [0.1, 0.15) is 11.9 Å². The number of amides is 2. The maximum absolute atomic E-state index is 14.4. The minimum Gasteiger partial charge on any atom is -0.442 e. The van der Waals surface area contributed by atoms with Gasteiger partial charge < -0.3 is 10.1 Å². The molecular formula is C17H23FN2O3. The summed E-state index contributed by atoms with van der Waals surface area (Å²) in [7, 11) is 0. The molecule has 0 aromatic heterocycles. The first-order valence-corrected chi connectivity index (χ1v) is 7.67. The highest BCUT2D eigenvalue weighted by atomic mass is 19.1. The second-order valence-electron chi connectivity index (χ2n) is 7.08. The molecule has 1 aliphatic heterocycles. The van der Waals surface area contributed by atoms with Crippen molar-refractivity contribution in [2.24, 2.45) is 5.41 Å². The molecule has 5 nitrogen and oxygen atoms in total. The van der Waals surface area contributed by atoms with Crippen molar-refractivity contribution >= 4 is 17.7 Å². The molecular weight excluding hydrogens is 299 g/mol. The zero-order valence-electron chi connectivity index (χ0n) is 14.0. The molecule has 1 unspecified atom stereocenters. The van der Waals surface area contributed by atoms with Crippen LogP contribution in [-0.2, 0) is 16.0 Å². The first-order valence-electron chi connectivity index (χ1n) is 7.67. The van der Waals surface area contributed by atoms with Gasteiger partial charge in [-0.2, -0.15) is 0 Å². The van der Waals surface area contributed by atoms with Crippen molar-refractivity contribution in [2.75, 3.05) is 18.0 Å². The summed E-state index contributed by atoms with van der Waals surface area (Å²) >= 11 is 0. The van der Waals surface area contributed by atoms with Crippen molar-refractivity contribution in [3.63, 3.8) is 0 Å². The Morgan fingerprint density at radius 1 is 1.43 bits per heavy atom. The van der Waals surface area contributed by atoms with Crippen LogP contribution in [0.5, 0.6) is 0 Å². The second kappa shape index (κ2) is 6.56. The molecule has 1 aromatic rings. The summed E-state index contributed by atoms with van der Waals surface area (Å²) in [5.41, 5.74) is 1.16. The zero-order valence-corrected chi connectivity index (χ0v) is 14.0. The number of nitrogens with one attached hydrogen (secondary N) is 1. The van der Waals surface area contributed by atoms with Crippen molar-refractivity contribution in [3.8, 4) is 0 Å². The normalized spacial score (nSPS) is 18.0. The van der Waals surface area contributed by atoms with Crippen molar-refractivity contribution in [2.45, 2.75) is 40.2 Å². The lowest BCUT2D eigenvalue weighted by Crippen LogP contribution is -2.33. The van der Waals surface area contributed by atoms with Crippen molar-refractivity contribution in [1.29, 1.82) is 0 Å². The van der Waals surface area contributed by atoms with Crippen LogP contribution in [-0.4, -0.2) is 31.2 Å². The number of rotatable bonds is 4. The molecule has 0 saturated carbocycles. The largest absolute Gasteiger partial charge is 0.442 e. The molecule has 23 heavy (non-hydrogen) atoms. The molecule has 0 spiro atoms. The van der Waals surface area contributed by atoms with Crippen LogP contribution >= 0.6 is 0 Å². The molecule has 126 valence electrons. The molecule has 1 aliphatic rings. The van der Waals surface area contributed by atoms with Crippen LogP contribution in [0.3, 0.4) is 0 Å². The summed E-state index contributed by atoms with van der Waals surface area (Å²) in [6.45, 7) is 8.09. The highest BCUT2D eigenvalue weighted by Gasteiger charge is 2.33. The van der Waals surface area contributed by atoms with Gasteiger partial charge >= 0.3 is 6.09 Å². The highest BCUT2D eigenvalue weighted by Crippen LogP contribution is 2.28. The smallest absolute Gasteiger partial charge is 0.414 e. The molecule has 0 radical (unpaired) electrons. The van der Waals surface area contributed by atoms with Gasteiger partial charge in [-0.25, -0.2) is 9.18 Å². The number of carbonyl (C=O) groups excluding carboxylic acids is 2. The van der Waals surface area contributed by atoms with Gasteiger partial charge in [0, 0.05) is 6.92 Å². The second-order valence-corrected chi connectivity index (χ2v) is 7.08. The van der Waals surface area contributed by atoms with E-state index in [0.717, 1.165) is 12.0 Å². The Hall–Kier alpha value is -2.11. The summed E-state index contributed by atoms with van der Waals surface area (Å²) in [4.78, 5) is 24.1. The fraction of sp³-hybridized carbons (Fsp3) is 0.529. The third-order valence-corrected chi connectivity index (χ3v) is 3.49. The van der Waals surface area contributed by atoms with Gasteiger partial charge in [0.25, 0.3) is 0 Å². The van der Waals surface area contributed by atoms with E-state index in [0.29, 0.717) is 0 Å². The average Bonchev–Trinajstić information content (AvgIpc) is 2.76. The zero-order chi connectivity index (χ0) is 17.2. The minimum absolute atomic E-state index is 0.0595. The molecule has 1 saturated heterocycles. The lowest BCUT2D eigenvalue weighted by Gasteiger charge is -2.19. The number of anilines is 1. The molecule has 2 rings (SSSR count). The highest BCUT2D eigenvalue weighted by molar-refractivity contribution is 5.90. The Morgan fingerprint density at radius 3 is 2.70 bits per heavy atom. The summed E-state index contributed by atoms with van der Waals surface area (Å²) in [5, 5.41) is 2.59. The van der Waals surface area contributed by atoms with E-state index < -0.39 is 18.0 Å².